The molecule has 7 heteroatoms. The van der Waals surface area contributed by atoms with Gasteiger partial charge in [0.2, 0.25) is 5.91 Å². The van der Waals surface area contributed by atoms with E-state index < -0.39 is 0 Å². The minimum atomic E-state index is -0.147. The Morgan fingerprint density at radius 2 is 1.66 bits per heavy atom. The van der Waals surface area contributed by atoms with Gasteiger partial charge in [-0.2, -0.15) is 0 Å². The third-order valence-electron chi connectivity index (χ3n) is 4.92. The Hall–Kier alpha value is -3.16. The summed E-state index contributed by atoms with van der Waals surface area (Å²) in [4.78, 5) is 29.4. The van der Waals surface area contributed by atoms with E-state index in [0.717, 1.165) is 37.1 Å². The maximum atomic E-state index is 12.5. The van der Waals surface area contributed by atoms with Crippen molar-refractivity contribution in [3.05, 3.63) is 82.9 Å². The maximum Gasteiger partial charge on any atom is 0.255 e. The van der Waals surface area contributed by atoms with Crippen LogP contribution in [0.4, 0.5) is 11.4 Å². The Morgan fingerprint density at radius 3 is 2.41 bits per heavy atom. The molecule has 0 aliphatic carbocycles. The predicted molar refractivity (Wildman–Crippen MR) is 134 cm³/mol. The van der Waals surface area contributed by atoms with Crippen LogP contribution in [0, 0.1) is 20.8 Å². The first-order valence-corrected chi connectivity index (χ1v) is 12.0. The van der Waals surface area contributed by atoms with Crippen molar-refractivity contribution >= 4 is 56.5 Å². The summed E-state index contributed by atoms with van der Waals surface area (Å²) in [6.45, 7) is 6.00. The highest BCUT2D eigenvalue weighted by Crippen LogP contribution is 2.31. The Labute approximate surface area is 195 Å². The van der Waals surface area contributed by atoms with Crippen LogP contribution in [0.2, 0.25) is 0 Å². The molecular formula is C25H23N3O2S2. The van der Waals surface area contributed by atoms with Crippen LogP contribution in [0.25, 0.3) is 10.2 Å². The van der Waals surface area contributed by atoms with E-state index in [1.807, 2.05) is 81.4 Å². The summed E-state index contributed by atoms with van der Waals surface area (Å²) in [5, 5.41) is 5.90. The van der Waals surface area contributed by atoms with Crippen LogP contribution in [0.5, 0.6) is 0 Å². The topological polar surface area (TPSA) is 71.1 Å². The molecule has 0 unspecified atom stereocenters. The van der Waals surface area contributed by atoms with Crippen molar-refractivity contribution in [3.63, 3.8) is 0 Å². The van der Waals surface area contributed by atoms with E-state index in [1.54, 1.807) is 0 Å². The minimum absolute atomic E-state index is 0.0627. The van der Waals surface area contributed by atoms with Gasteiger partial charge in [-0.1, -0.05) is 47.2 Å². The highest BCUT2D eigenvalue weighted by atomic mass is 32.2. The van der Waals surface area contributed by atoms with Crippen molar-refractivity contribution in [2.24, 2.45) is 0 Å². The van der Waals surface area contributed by atoms with Gasteiger partial charge in [0, 0.05) is 16.9 Å². The number of amides is 2. The molecule has 162 valence electrons. The van der Waals surface area contributed by atoms with Crippen molar-refractivity contribution < 1.29 is 9.59 Å². The lowest BCUT2D eigenvalue weighted by Crippen LogP contribution is -2.14. The lowest BCUT2D eigenvalue weighted by Gasteiger charge is -2.08. The number of hydrogen-bond donors (Lipinski definition) is 2. The number of rotatable bonds is 6. The van der Waals surface area contributed by atoms with Crippen LogP contribution in [-0.2, 0) is 4.79 Å². The SMILES string of the molecule is Cc1ccc(C(=O)Nc2ccc3nc(SCC(=O)Nc4ccc(C)cc4C)sc3c2)cc1. The average molecular weight is 462 g/mol. The number of aromatic nitrogens is 1. The fourth-order valence-corrected chi connectivity index (χ4v) is 5.13. The van der Waals surface area contributed by atoms with Gasteiger partial charge >= 0.3 is 0 Å². The molecule has 4 rings (SSSR count). The quantitative estimate of drug-likeness (QED) is 0.335. The van der Waals surface area contributed by atoms with Crippen LogP contribution in [-0.4, -0.2) is 22.6 Å². The number of nitrogens with one attached hydrogen (secondary N) is 2. The van der Waals surface area contributed by atoms with Crippen LogP contribution < -0.4 is 10.6 Å². The van der Waals surface area contributed by atoms with Gasteiger partial charge in [0.05, 0.1) is 16.0 Å². The number of hydrogen-bond acceptors (Lipinski definition) is 5. The lowest BCUT2D eigenvalue weighted by molar-refractivity contribution is -0.113. The number of carbonyl (C=O) groups excluding carboxylic acids is 2. The molecule has 0 atom stereocenters. The van der Waals surface area contributed by atoms with E-state index in [-0.39, 0.29) is 17.6 Å². The van der Waals surface area contributed by atoms with Gasteiger partial charge in [-0.25, -0.2) is 4.98 Å². The monoisotopic (exact) mass is 461 g/mol. The largest absolute Gasteiger partial charge is 0.325 e. The molecule has 0 fully saturated rings. The molecule has 5 nitrogen and oxygen atoms in total. The van der Waals surface area contributed by atoms with Crippen molar-refractivity contribution in [3.8, 4) is 0 Å². The number of benzene rings is 3. The fourth-order valence-electron chi connectivity index (χ4n) is 3.22. The smallest absolute Gasteiger partial charge is 0.255 e. The number of thioether (sulfide) groups is 1. The van der Waals surface area contributed by atoms with Crippen LogP contribution in [0.3, 0.4) is 0 Å². The first kappa shape index (κ1) is 22.0. The lowest BCUT2D eigenvalue weighted by atomic mass is 10.1. The van der Waals surface area contributed by atoms with Crippen LogP contribution >= 0.6 is 23.1 Å². The summed E-state index contributed by atoms with van der Waals surface area (Å²) in [5.74, 6) is 0.0724. The summed E-state index contributed by atoms with van der Waals surface area (Å²) >= 11 is 2.92. The van der Waals surface area contributed by atoms with E-state index in [4.69, 9.17) is 0 Å². The van der Waals surface area contributed by atoms with Crippen LogP contribution in [0.15, 0.2) is 65.0 Å². The van der Waals surface area contributed by atoms with Crippen LogP contribution in [0.1, 0.15) is 27.0 Å². The molecule has 0 bridgehead atoms. The third kappa shape index (κ3) is 5.36. The van der Waals surface area contributed by atoms with Gasteiger partial charge in [0.15, 0.2) is 4.34 Å². The molecule has 0 saturated heterocycles. The molecule has 0 saturated carbocycles. The number of anilines is 2. The normalized spacial score (nSPS) is 10.8. The fraction of sp³-hybridized carbons (Fsp3) is 0.160. The van der Waals surface area contributed by atoms with E-state index in [0.29, 0.717) is 5.56 Å². The average Bonchev–Trinajstić information content (AvgIpc) is 3.17. The number of thiazole rings is 1. The molecule has 1 aromatic heterocycles. The van der Waals surface area contributed by atoms with Gasteiger partial charge in [0.1, 0.15) is 0 Å². The van der Waals surface area contributed by atoms with Crippen molar-refractivity contribution in [1.29, 1.82) is 0 Å². The molecule has 0 spiro atoms. The molecule has 0 aliphatic rings. The van der Waals surface area contributed by atoms with E-state index in [9.17, 15) is 9.59 Å². The van der Waals surface area contributed by atoms with Gasteiger partial charge in [-0.15, -0.1) is 11.3 Å². The van der Waals surface area contributed by atoms with Gasteiger partial charge in [-0.05, 0) is 62.7 Å². The first-order valence-electron chi connectivity index (χ1n) is 10.2. The second kappa shape index (κ2) is 9.54. The van der Waals surface area contributed by atoms with E-state index >= 15 is 0 Å². The highest BCUT2D eigenvalue weighted by Gasteiger charge is 2.11. The van der Waals surface area contributed by atoms with Crippen molar-refractivity contribution in [1.82, 2.24) is 4.98 Å². The van der Waals surface area contributed by atoms with E-state index in [1.165, 1.54) is 28.7 Å². The Bertz CT molecular complexity index is 1300. The Balaban J connectivity index is 1.38. The molecule has 2 amide bonds. The summed E-state index contributed by atoms with van der Waals surface area (Å²) in [6.07, 6.45) is 0. The Kier molecular flexibility index (Phi) is 6.58. The van der Waals surface area contributed by atoms with Gasteiger partial charge in [0.25, 0.3) is 5.91 Å². The van der Waals surface area contributed by atoms with Gasteiger partial charge < -0.3 is 10.6 Å². The summed E-state index contributed by atoms with van der Waals surface area (Å²) in [5.41, 5.74) is 6.34. The third-order valence-corrected chi connectivity index (χ3v) is 7.08. The zero-order chi connectivity index (χ0) is 22.7. The minimum Gasteiger partial charge on any atom is -0.325 e. The number of nitrogens with zero attached hydrogens (tertiary/aromatic N) is 1. The number of carbonyl (C=O) groups is 2. The molecule has 0 radical (unpaired) electrons. The molecular weight excluding hydrogens is 438 g/mol. The van der Waals surface area contributed by atoms with Crippen molar-refractivity contribution in [2.75, 3.05) is 16.4 Å². The summed E-state index contributed by atoms with van der Waals surface area (Å²) in [6, 6.07) is 19.1. The zero-order valence-electron chi connectivity index (χ0n) is 18.1. The van der Waals surface area contributed by atoms with Gasteiger partial charge in [-0.3, -0.25) is 9.59 Å². The Morgan fingerprint density at radius 1 is 0.906 bits per heavy atom. The highest BCUT2D eigenvalue weighted by molar-refractivity contribution is 8.01. The molecule has 3 aromatic carbocycles. The standard InChI is InChI=1S/C25H23N3O2S2/c1-15-4-7-18(8-5-15)24(30)26-19-9-11-21-22(13-19)32-25(28-21)31-14-23(29)27-20-10-6-16(2)12-17(20)3/h4-13H,14H2,1-3H3,(H,26,30)(H,27,29). The first-order chi connectivity index (χ1) is 15.4. The molecule has 4 aromatic rings. The molecule has 32 heavy (non-hydrogen) atoms. The second-order valence-corrected chi connectivity index (χ2v) is 9.89. The maximum absolute atomic E-state index is 12.5. The summed E-state index contributed by atoms with van der Waals surface area (Å²) < 4.78 is 1.78. The number of fused-ring (bicyclic) bond motifs is 1. The zero-order valence-corrected chi connectivity index (χ0v) is 19.7. The second-order valence-electron chi connectivity index (χ2n) is 7.64. The summed E-state index contributed by atoms with van der Waals surface area (Å²) in [7, 11) is 0. The van der Waals surface area contributed by atoms with E-state index in [2.05, 4.69) is 15.6 Å². The molecule has 0 aliphatic heterocycles. The predicted octanol–water partition coefficient (Wildman–Crippen LogP) is 6.20. The molecule has 2 N–H and O–H groups in total. The molecule has 1 heterocycles. The van der Waals surface area contributed by atoms with Crippen molar-refractivity contribution in [2.45, 2.75) is 25.1 Å². The number of aryl methyl sites for hydroxylation is 3.